The molecule has 0 saturated heterocycles. The Morgan fingerprint density at radius 2 is 2.19 bits per heavy atom. The molecule has 0 aliphatic heterocycles. The average molecular weight is 222 g/mol. The van der Waals surface area contributed by atoms with Gasteiger partial charge >= 0.3 is 0 Å². The van der Waals surface area contributed by atoms with Crippen LogP contribution in [0.5, 0.6) is 0 Å². The van der Waals surface area contributed by atoms with Crippen molar-refractivity contribution in [1.82, 2.24) is 0 Å². The van der Waals surface area contributed by atoms with Crippen LogP contribution in [0, 0.1) is 5.82 Å². The quantitative estimate of drug-likeness (QED) is 0.853. The summed E-state index contributed by atoms with van der Waals surface area (Å²) in [6.45, 7) is 2.07. The van der Waals surface area contributed by atoms with E-state index in [1.165, 1.54) is 12.1 Å². The molecule has 0 aliphatic rings. The molecule has 1 aromatic heterocycles. The van der Waals surface area contributed by atoms with Gasteiger partial charge in [0.1, 0.15) is 23.3 Å². The minimum absolute atomic E-state index is 0.289. The summed E-state index contributed by atoms with van der Waals surface area (Å²) in [6, 6.07) is 6.06. The smallest absolute Gasteiger partial charge is 0.134 e. The second-order valence-electron chi connectivity index (χ2n) is 3.99. The number of fused-ring (bicyclic) bond motifs is 1. The molecular weight excluding hydrogens is 207 g/mol. The Morgan fingerprint density at radius 3 is 2.94 bits per heavy atom. The number of furan rings is 1. The van der Waals surface area contributed by atoms with Gasteiger partial charge in [0.05, 0.1) is 0 Å². The predicted octanol–water partition coefficient (Wildman–Crippen LogP) is 3.80. The Morgan fingerprint density at radius 1 is 1.38 bits per heavy atom. The summed E-state index contributed by atoms with van der Waals surface area (Å²) >= 11 is 0. The van der Waals surface area contributed by atoms with Crippen molar-refractivity contribution in [3.63, 3.8) is 0 Å². The second kappa shape index (κ2) is 4.66. The van der Waals surface area contributed by atoms with Crippen LogP contribution in [0.3, 0.4) is 0 Å². The first-order valence-electron chi connectivity index (χ1n) is 5.57. The van der Waals surface area contributed by atoms with E-state index in [1.54, 1.807) is 12.1 Å². The molecule has 1 atom stereocenters. The van der Waals surface area contributed by atoms with Crippen LogP contribution in [-0.2, 0) is 0 Å². The van der Waals surface area contributed by atoms with Crippen LogP contribution in [-0.4, -0.2) is 5.11 Å². The van der Waals surface area contributed by atoms with E-state index in [9.17, 15) is 9.50 Å². The van der Waals surface area contributed by atoms with Crippen LogP contribution in [0.1, 0.15) is 38.1 Å². The second-order valence-corrected chi connectivity index (χ2v) is 3.99. The molecule has 1 unspecified atom stereocenters. The van der Waals surface area contributed by atoms with Crippen molar-refractivity contribution in [2.75, 3.05) is 0 Å². The Balaban J connectivity index is 2.25. The molecule has 16 heavy (non-hydrogen) atoms. The first-order chi connectivity index (χ1) is 7.70. The number of rotatable bonds is 4. The molecule has 1 N–H and O–H groups in total. The zero-order valence-corrected chi connectivity index (χ0v) is 9.24. The fourth-order valence-electron chi connectivity index (χ4n) is 1.74. The van der Waals surface area contributed by atoms with Crippen molar-refractivity contribution < 1.29 is 13.9 Å². The molecule has 0 saturated carbocycles. The Bertz CT molecular complexity index is 476. The van der Waals surface area contributed by atoms with Crippen LogP contribution in [0.15, 0.2) is 28.7 Å². The molecule has 2 rings (SSSR count). The maximum Gasteiger partial charge on any atom is 0.134 e. The highest BCUT2D eigenvalue weighted by Gasteiger charge is 2.12. The van der Waals surface area contributed by atoms with Crippen LogP contribution >= 0.6 is 0 Å². The minimum atomic E-state index is -0.588. The van der Waals surface area contributed by atoms with Crippen LogP contribution in [0.25, 0.3) is 11.0 Å². The lowest BCUT2D eigenvalue weighted by Crippen LogP contribution is -1.94. The number of halogens is 1. The van der Waals surface area contributed by atoms with E-state index in [1.807, 2.05) is 0 Å². The molecule has 1 heterocycles. The van der Waals surface area contributed by atoms with Gasteiger partial charge in [0.2, 0.25) is 0 Å². The lowest BCUT2D eigenvalue weighted by molar-refractivity contribution is 0.140. The lowest BCUT2D eigenvalue weighted by atomic mass is 10.1. The number of benzene rings is 1. The van der Waals surface area contributed by atoms with Gasteiger partial charge in [-0.25, -0.2) is 4.39 Å². The number of unbranched alkanes of at least 4 members (excludes halogenated alkanes) is 1. The van der Waals surface area contributed by atoms with Crippen LogP contribution < -0.4 is 0 Å². The van der Waals surface area contributed by atoms with Crippen molar-refractivity contribution in [1.29, 1.82) is 0 Å². The summed E-state index contributed by atoms with van der Waals surface area (Å²) in [6.07, 6.45) is 2.08. The van der Waals surface area contributed by atoms with Gasteiger partial charge in [0.15, 0.2) is 0 Å². The van der Waals surface area contributed by atoms with E-state index in [0.29, 0.717) is 23.2 Å². The number of hydrogen-bond acceptors (Lipinski definition) is 2. The summed E-state index contributed by atoms with van der Waals surface area (Å²) in [7, 11) is 0. The molecule has 86 valence electrons. The van der Waals surface area contributed by atoms with Gasteiger partial charge in [-0.2, -0.15) is 0 Å². The number of aliphatic hydroxyl groups is 1. The fraction of sp³-hybridized carbons (Fsp3) is 0.385. The molecule has 2 aromatic rings. The SMILES string of the molecule is CCCCC(O)c1cc2cc(F)ccc2o1. The highest BCUT2D eigenvalue weighted by atomic mass is 19.1. The molecule has 0 aliphatic carbocycles. The molecule has 0 amide bonds. The van der Waals surface area contributed by atoms with Crippen LogP contribution in [0.2, 0.25) is 0 Å². The Labute approximate surface area is 93.7 Å². The summed E-state index contributed by atoms with van der Waals surface area (Å²) in [5.74, 6) is 0.233. The van der Waals surface area contributed by atoms with Crippen molar-refractivity contribution >= 4 is 11.0 Å². The standard InChI is InChI=1S/C13H15FO2/c1-2-3-4-11(15)13-8-9-7-10(14)5-6-12(9)16-13/h5-8,11,15H,2-4H2,1H3. The summed E-state index contributed by atoms with van der Waals surface area (Å²) in [5, 5.41) is 10.5. The van der Waals surface area contributed by atoms with E-state index in [-0.39, 0.29) is 5.82 Å². The van der Waals surface area contributed by atoms with Crippen molar-refractivity contribution in [3.8, 4) is 0 Å². The highest BCUT2D eigenvalue weighted by Crippen LogP contribution is 2.27. The van der Waals surface area contributed by atoms with E-state index in [0.717, 1.165) is 12.8 Å². The summed E-state index contributed by atoms with van der Waals surface area (Å²) in [4.78, 5) is 0. The number of hydrogen-bond donors (Lipinski definition) is 1. The molecule has 0 radical (unpaired) electrons. The lowest BCUT2D eigenvalue weighted by Gasteiger charge is -2.05. The highest BCUT2D eigenvalue weighted by molar-refractivity contribution is 5.77. The van der Waals surface area contributed by atoms with Gasteiger partial charge in [0, 0.05) is 5.39 Å². The van der Waals surface area contributed by atoms with E-state index in [4.69, 9.17) is 4.42 Å². The zero-order chi connectivity index (χ0) is 11.5. The topological polar surface area (TPSA) is 33.4 Å². The van der Waals surface area contributed by atoms with Crippen LogP contribution in [0.4, 0.5) is 4.39 Å². The largest absolute Gasteiger partial charge is 0.458 e. The summed E-state index contributed by atoms with van der Waals surface area (Å²) in [5.41, 5.74) is 0.618. The minimum Gasteiger partial charge on any atom is -0.458 e. The first-order valence-corrected chi connectivity index (χ1v) is 5.57. The molecular formula is C13H15FO2. The first kappa shape index (κ1) is 11.1. The van der Waals surface area contributed by atoms with Gasteiger partial charge in [-0.15, -0.1) is 0 Å². The fourth-order valence-corrected chi connectivity index (χ4v) is 1.74. The summed E-state index contributed by atoms with van der Waals surface area (Å²) < 4.78 is 18.4. The van der Waals surface area contributed by atoms with Crippen molar-refractivity contribution in [2.24, 2.45) is 0 Å². The van der Waals surface area contributed by atoms with Gasteiger partial charge in [-0.1, -0.05) is 19.8 Å². The van der Waals surface area contributed by atoms with E-state index >= 15 is 0 Å². The zero-order valence-electron chi connectivity index (χ0n) is 9.24. The van der Waals surface area contributed by atoms with Crippen molar-refractivity contribution in [3.05, 3.63) is 35.8 Å². The molecule has 0 fully saturated rings. The average Bonchev–Trinajstić information content (AvgIpc) is 2.68. The van der Waals surface area contributed by atoms with Gasteiger partial charge < -0.3 is 9.52 Å². The third-order valence-corrected chi connectivity index (χ3v) is 2.66. The normalized spacial score (nSPS) is 13.2. The maximum absolute atomic E-state index is 12.9. The monoisotopic (exact) mass is 222 g/mol. The van der Waals surface area contributed by atoms with E-state index in [2.05, 4.69) is 6.92 Å². The van der Waals surface area contributed by atoms with Gasteiger partial charge in [-0.3, -0.25) is 0 Å². The molecule has 0 bridgehead atoms. The Hall–Kier alpha value is -1.35. The number of aliphatic hydroxyl groups excluding tert-OH is 1. The third kappa shape index (κ3) is 2.25. The van der Waals surface area contributed by atoms with Gasteiger partial charge in [0.25, 0.3) is 0 Å². The van der Waals surface area contributed by atoms with Gasteiger partial charge in [-0.05, 0) is 30.7 Å². The molecule has 3 heteroatoms. The molecule has 2 nitrogen and oxygen atoms in total. The predicted molar refractivity (Wildman–Crippen MR) is 60.7 cm³/mol. The molecule has 1 aromatic carbocycles. The third-order valence-electron chi connectivity index (χ3n) is 2.66. The maximum atomic E-state index is 12.9. The van der Waals surface area contributed by atoms with Crippen molar-refractivity contribution in [2.45, 2.75) is 32.3 Å². The molecule has 0 spiro atoms. The van der Waals surface area contributed by atoms with E-state index < -0.39 is 6.10 Å². The Kier molecular flexibility index (Phi) is 3.25.